The summed E-state index contributed by atoms with van der Waals surface area (Å²) >= 11 is 0. The minimum absolute atomic E-state index is 0.0928. The predicted octanol–water partition coefficient (Wildman–Crippen LogP) is 4.05. The monoisotopic (exact) mass is 249 g/mol. The van der Waals surface area contributed by atoms with Crippen molar-refractivity contribution in [1.29, 1.82) is 0 Å². The van der Waals surface area contributed by atoms with Crippen LogP contribution in [0.15, 0.2) is 18.2 Å². The summed E-state index contributed by atoms with van der Waals surface area (Å²) in [5, 5.41) is 3.43. The van der Waals surface area contributed by atoms with Crippen LogP contribution in [0.1, 0.15) is 43.7 Å². The molecule has 100 valence electrons. The third kappa shape index (κ3) is 3.55. The van der Waals surface area contributed by atoms with E-state index in [1.54, 1.807) is 6.07 Å². The van der Waals surface area contributed by atoms with Gasteiger partial charge in [-0.1, -0.05) is 43.9 Å². The Labute approximate surface area is 110 Å². The van der Waals surface area contributed by atoms with E-state index in [4.69, 9.17) is 0 Å². The number of hydrogen-bond acceptors (Lipinski definition) is 1. The molecular formula is C16H24FN. The Morgan fingerprint density at radius 2 is 2.06 bits per heavy atom. The highest BCUT2D eigenvalue weighted by atomic mass is 19.1. The summed E-state index contributed by atoms with van der Waals surface area (Å²) < 4.78 is 13.6. The number of halogens is 1. The van der Waals surface area contributed by atoms with Crippen LogP contribution < -0.4 is 5.32 Å². The van der Waals surface area contributed by atoms with Crippen molar-refractivity contribution in [3.63, 3.8) is 0 Å². The van der Waals surface area contributed by atoms with Crippen molar-refractivity contribution in [3.8, 4) is 0 Å². The third-order valence-electron chi connectivity index (χ3n) is 4.21. The standard InChI is InChI=1S/C16H24FN/c1-12-7-8-16(17)15(9-12)11-18-10-14-6-4-3-5-13(14)2/h7-9,13-14,18H,3-6,10-11H2,1-2H3. The molecule has 1 fully saturated rings. The van der Waals surface area contributed by atoms with E-state index < -0.39 is 0 Å². The Morgan fingerprint density at radius 1 is 1.28 bits per heavy atom. The average molecular weight is 249 g/mol. The molecule has 0 spiro atoms. The smallest absolute Gasteiger partial charge is 0.127 e. The fourth-order valence-corrected chi connectivity index (χ4v) is 2.93. The molecule has 0 amide bonds. The van der Waals surface area contributed by atoms with Gasteiger partial charge in [0.2, 0.25) is 0 Å². The van der Waals surface area contributed by atoms with Gasteiger partial charge in [-0.05, 0) is 37.8 Å². The molecule has 2 heteroatoms. The molecule has 1 aliphatic carbocycles. The van der Waals surface area contributed by atoms with Crippen molar-refractivity contribution in [1.82, 2.24) is 5.32 Å². The van der Waals surface area contributed by atoms with Gasteiger partial charge in [-0.15, -0.1) is 0 Å². The average Bonchev–Trinajstić information content (AvgIpc) is 2.36. The Kier molecular flexibility index (Phi) is 4.76. The van der Waals surface area contributed by atoms with Gasteiger partial charge in [-0.25, -0.2) is 4.39 Å². The van der Waals surface area contributed by atoms with E-state index in [2.05, 4.69) is 12.2 Å². The molecule has 0 heterocycles. The van der Waals surface area contributed by atoms with Crippen molar-refractivity contribution in [2.75, 3.05) is 6.54 Å². The van der Waals surface area contributed by atoms with Gasteiger partial charge in [0.15, 0.2) is 0 Å². The van der Waals surface area contributed by atoms with Crippen LogP contribution in [-0.2, 0) is 6.54 Å². The van der Waals surface area contributed by atoms with E-state index in [9.17, 15) is 4.39 Å². The van der Waals surface area contributed by atoms with Crippen LogP contribution in [0.4, 0.5) is 4.39 Å². The maximum Gasteiger partial charge on any atom is 0.127 e. The fraction of sp³-hybridized carbons (Fsp3) is 0.625. The Bertz CT molecular complexity index is 389. The fourth-order valence-electron chi connectivity index (χ4n) is 2.93. The first-order chi connectivity index (χ1) is 8.66. The Hall–Kier alpha value is -0.890. The van der Waals surface area contributed by atoms with E-state index in [0.29, 0.717) is 6.54 Å². The van der Waals surface area contributed by atoms with E-state index in [-0.39, 0.29) is 5.82 Å². The summed E-state index contributed by atoms with van der Waals surface area (Å²) in [6, 6.07) is 5.32. The summed E-state index contributed by atoms with van der Waals surface area (Å²) in [5.74, 6) is 1.49. The molecule has 2 unspecified atom stereocenters. The molecule has 1 nitrogen and oxygen atoms in total. The molecule has 1 aliphatic rings. The van der Waals surface area contributed by atoms with Gasteiger partial charge in [-0.2, -0.15) is 0 Å². The maximum atomic E-state index is 13.6. The van der Waals surface area contributed by atoms with E-state index >= 15 is 0 Å². The van der Waals surface area contributed by atoms with Crippen LogP contribution in [0.2, 0.25) is 0 Å². The summed E-state index contributed by atoms with van der Waals surface area (Å²) in [6.45, 7) is 6.02. The molecule has 0 aromatic heterocycles. The Balaban J connectivity index is 1.82. The molecule has 0 bridgehead atoms. The lowest BCUT2D eigenvalue weighted by molar-refractivity contribution is 0.247. The first-order valence-corrected chi connectivity index (χ1v) is 7.12. The highest BCUT2D eigenvalue weighted by Gasteiger charge is 2.20. The second-order valence-corrected chi connectivity index (χ2v) is 5.75. The molecule has 0 radical (unpaired) electrons. The van der Waals surface area contributed by atoms with Crippen molar-refractivity contribution in [2.24, 2.45) is 11.8 Å². The van der Waals surface area contributed by atoms with Crippen molar-refractivity contribution < 1.29 is 4.39 Å². The van der Waals surface area contributed by atoms with Crippen LogP contribution in [-0.4, -0.2) is 6.54 Å². The maximum absolute atomic E-state index is 13.6. The quantitative estimate of drug-likeness (QED) is 0.849. The molecule has 2 rings (SSSR count). The van der Waals surface area contributed by atoms with Crippen LogP contribution in [0.3, 0.4) is 0 Å². The molecule has 0 aliphatic heterocycles. The zero-order valence-corrected chi connectivity index (χ0v) is 11.5. The molecule has 1 N–H and O–H groups in total. The summed E-state index contributed by atoms with van der Waals surface area (Å²) in [4.78, 5) is 0. The van der Waals surface area contributed by atoms with Crippen LogP contribution in [0.25, 0.3) is 0 Å². The number of aryl methyl sites for hydroxylation is 1. The van der Waals surface area contributed by atoms with E-state index in [0.717, 1.165) is 29.5 Å². The summed E-state index contributed by atoms with van der Waals surface area (Å²) in [7, 11) is 0. The van der Waals surface area contributed by atoms with Crippen LogP contribution in [0.5, 0.6) is 0 Å². The number of benzene rings is 1. The molecule has 18 heavy (non-hydrogen) atoms. The largest absolute Gasteiger partial charge is 0.312 e. The molecule has 1 aromatic carbocycles. The molecule has 1 saturated carbocycles. The topological polar surface area (TPSA) is 12.0 Å². The van der Waals surface area contributed by atoms with Crippen molar-refractivity contribution in [2.45, 2.75) is 46.1 Å². The van der Waals surface area contributed by atoms with Gasteiger partial charge in [0, 0.05) is 12.1 Å². The number of nitrogens with one attached hydrogen (secondary N) is 1. The predicted molar refractivity (Wildman–Crippen MR) is 74.0 cm³/mol. The summed E-state index contributed by atoms with van der Waals surface area (Å²) in [6.07, 6.45) is 5.41. The highest BCUT2D eigenvalue weighted by molar-refractivity contribution is 5.23. The molecule has 2 atom stereocenters. The lowest BCUT2D eigenvalue weighted by Crippen LogP contribution is -2.29. The van der Waals surface area contributed by atoms with Gasteiger partial charge >= 0.3 is 0 Å². The lowest BCUT2D eigenvalue weighted by atomic mass is 9.80. The van der Waals surface area contributed by atoms with E-state index in [1.165, 1.54) is 25.7 Å². The van der Waals surface area contributed by atoms with Gasteiger partial charge < -0.3 is 5.32 Å². The summed E-state index contributed by atoms with van der Waals surface area (Å²) in [5.41, 5.74) is 1.91. The highest BCUT2D eigenvalue weighted by Crippen LogP contribution is 2.28. The molecular weight excluding hydrogens is 225 g/mol. The second-order valence-electron chi connectivity index (χ2n) is 5.75. The SMILES string of the molecule is Cc1ccc(F)c(CNCC2CCCCC2C)c1. The normalized spacial score (nSPS) is 24.2. The van der Waals surface area contributed by atoms with Crippen molar-refractivity contribution >= 4 is 0 Å². The number of rotatable bonds is 4. The minimum atomic E-state index is -0.0928. The third-order valence-corrected chi connectivity index (χ3v) is 4.21. The second kappa shape index (κ2) is 6.33. The van der Waals surface area contributed by atoms with Crippen molar-refractivity contribution in [3.05, 3.63) is 35.1 Å². The molecule has 1 aromatic rings. The first-order valence-electron chi connectivity index (χ1n) is 7.12. The Morgan fingerprint density at radius 3 is 2.83 bits per heavy atom. The zero-order chi connectivity index (χ0) is 13.0. The minimum Gasteiger partial charge on any atom is -0.312 e. The van der Waals surface area contributed by atoms with Gasteiger partial charge in [-0.3, -0.25) is 0 Å². The number of hydrogen-bond donors (Lipinski definition) is 1. The van der Waals surface area contributed by atoms with Crippen LogP contribution in [0, 0.1) is 24.6 Å². The van der Waals surface area contributed by atoms with Gasteiger partial charge in [0.1, 0.15) is 5.82 Å². The first kappa shape index (κ1) is 13.5. The van der Waals surface area contributed by atoms with E-state index in [1.807, 2.05) is 19.1 Å². The van der Waals surface area contributed by atoms with Gasteiger partial charge in [0.05, 0.1) is 0 Å². The van der Waals surface area contributed by atoms with Crippen LogP contribution >= 0.6 is 0 Å². The molecule has 0 saturated heterocycles. The lowest BCUT2D eigenvalue weighted by Gasteiger charge is -2.28. The van der Waals surface area contributed by atoms with Gasteiger partial charge in [0.25, 0.3) is 0 Å². The zero-order valence-electron chi connectivity index (χ0n) is 11.5.